The molecule has 0 unspecified atom stereocenters. The maximum atomic E-state index is 4.31. The topological polar surface area (TPSA) is 16.1 Å². The van der Waals surface area contributed by atoms with Crippen LogP contribution in [0.2, 0.25) is 0 Å². The predicted molar refractivity (Wildman–Crippen MR) is 146 cm³/mol. The lowest BCUT2D eigenvalue weighted by Gasteiger charge is -2.25. The Morgan fingerprint density at radius 3 is 1.89 bits per heavy atom. The van der Waals surface area contributed by atoms with E-state index in [1.165, 1.54) is 10.8 Å². The predicted octanol–water partition coefficient (Wildman–Crippen LogP) is 8.26. The number of fused-ring (bicyclic) bond motifs is 3. The average molecular weight is 447 g/mol. The number of para-hydroxylation sites is 2. The Hall–Kier alpha value is -4.87. The summed E-state index contributed by atoms with van der Waals surface area (Å²) in [5.41, 5.74) is 5.34. The second kappa shape index (κ2) is 9.17. The number of hydrogen-bond acceptors (Lipinski definition) is 2. The van der Waals surface area contributed by atoms with Crippen molar-refractivity contribution < 1.29 is 0 Å². The van der Waals surface area contributed by atoms with Crippen LogP contribution in [0.1, 0.15) is 11.1 Å². The highest BCUT2D eigenvalue weighted by Crippen LogP contribution is 2.34. The molecule has 164 valence electrons. The Morgan fingerprint density at radius 2 is 1.17 bits per heavy atom. The van der Waals surface area contributed by atoms with E-state index < -0.39 is 0 Å². The van der Waals surface area contributed by atoms with E-state index in [9.17, 15) is 0 Å². The lowest BCUT2D eigenvalue weighted by Crippen LogP contribution is -2.09. The first-order valence-electron chi connectivity index (χ1n) is 11.6. The largest absolute Gasteiger partial charge is 0.311 e. The molecule has 0 fully saturated rings. The monoisotopic (exact) mass is 446 g/mol. The number of nitrogens with zero attached hydrogens (tertiary/aromatic N) is 2. The third-order valence-electron chi connectivity index (χ3n) is 6.18. The zero-order chi connectivity index (χ0) is 23.5. The van der Waals surface area contributed by atoms with E-state index in [2.05, 4.69) is 125 Å². The Balaban J connectivity index is 1.36. The van der Waals surface area contributed by atoms with Gasteiger partial charge in [-0.3, -0.25) is 4.98 Å². The standard InChI is InChI=1S/C33H22N2/c1-3-9-28(10-4-1)35(29-11-5-2-6-12-29)30-19-15-25(16-20-30)14-17-26-8-7-13-32-31(26)21-18-27-22-23-34-24-33(27)32/h1-13,15-16,18-24H. The van der Waals surface area contributed by atoms with E-state index in [0.717, 1.165) is 39.0 Å². The Kier molecular flexibility index (Phi) is 5.43. The van der Waals surface area contributed by atoms with Gasteiger partial charge in [0.05, 0.1) is 0 Å². The highest BCUT2D eigenvalue weighted by Gasteiger charge is 2.11. The number of aromatic nitrogens is 1. The molecule has 0 saturated heterocycles. The normalized spacial score (nSPS) is 10.6. The SMILES string of the molecule is C(#Cc1cccc2c1ccc1ccncc12)c1ccc(N(c2ccccc2)c2ccccc2)cc1. The van der Waals surface area contributed by atoms with Crippen molar-refractivity contribution in [3.05, 3.63) is 145 Å². The molecule has 2 heteroatoms. The first-order chi connectivity index (χ1) is 17.4. The van der Waals surface area contributed by atoms with Crippen molar-refractivity contribution >= 4 is 38.6 Å². The van der Waals surface area contributed by atoms with Gasteiger partial charge in [-0.05, 0) is 76.8 Å². The molecule has 0 aliphatic rings. The summed E-state index contributed by atoms with van der Waals surface area (Å²) in [7, 11) is 0. The van der Waals surface area contributed by atoms with E-state index in [0.29, 0.717) is 0 Å². The van der Waals surface area contributed by atoms with Gasteiger partial charge in [0.25, 0.3) is 0 Å². The van der Waals surface area contributed by atoms with Crippen molar-refractivity contribution in [1.82, 2.24) is 4.98 Å². The van der Waals surface area contributed by atoms with Crippen LogP contribution in [0, 0.1) is 11.8 Å². The summed E-state index contributed by atoms with van der Waals surface area (Å²) in [6, 6.07) is 41.9. The zero-order valence-electron chi connectivity index (χ0n) is 19.1. The maximum Gasteiger partial charge on any atom is 0.0462 e. The summed E-state index contributed by atoms with van der Waals surface area (Å²) in [6.45, 7) is 0. The fraction of sp³-hybridized carbons (Fsp3) is 0. The maximum absolute atomic E-state index is 4.31. The highest BCUT2D eigenvalue weighted by molar-refractivity contribution is 6.08. The summed E-state index contributed by atoms with van der Waals surface area (Å²) in [4.78, 5) is 6.56. The minimum Gasteiger partial charge on any atom is -0.311 e. The smallest absolute Gasteiger partial charge is 0.0462 e. The van der Waals surface area contributed by atoms with Crippen molar-refractivity contribution in [2.75, 3.05) is 4.90 Å². The van der Waals surface area contributed by atoms with Gasteiger partial charge >= 0.3 is 0 Å². The van der Waals surface area contributed by atoms with Crippen LogP contribution in [0.25, 0.3) is 21.5 Å². The lowest BCUT2D eigenvalue weighted by atomic mass is 9.99. The second-order valence-corrected chi connectivity index (χ2v) is 8.37. The molecule has 0 atom stereocenters. The van der Waals surface area contributed by atoms with Crippen LogP contribution in [0.3, 0.4) is 0 Å². The molecule has 0 aliphatic heterocycles. The Bertz CT molecular complexity index is 1640. The van der Waals surface area contributed by atoms with Crippen LogP contribution in [0.15, 0.2) is 134 Å². The number of rotatable bonds is 3. The number of hydrogen-bond donors (Lipinski definition) is 0. The summed E-state index contributed by atoms with van der Waals surface area (Å²) < 4.78 is 0. The molecular weight excluding hydrogens is 424 g/mol. The van der Waals surface area contributed by atoms with Gasteiger partial charge in [-0.1, -0.05) is 72.5 Å². The molecule has 0 N–H and O–H groups in total. The van der Waals surface area contributed by atoms with E-state index >= 15 is 0 Å². The Labute approximate surface area is 205 Å². The molecule has 0 spiro atoms. The van der Waals surface area contributed by atoms with Crippen LogP contribution in [0.4, 0.5) is 17.1 Å². The first-order valence-corrected chi connectivity index (χ1v) is 11.6. The molecule has 0 aliphatic carbocycles. The third kappa shape index (κ3) is 4.12. The zero-order valence-corrected chi connectivity index (χ0v) is 19.1. The minimum atomic E-state index is 0.981. The molecule has 1 aromatic heterocycles. The summed E-state index contributed by atoms with van der Waals surface area (Å²) in [5.74, 6) is 6.76. The van der Waals surface area contributed by atoms with Crippen molar-refractivity contribution in [2.45, 2.75) is 0 Å². The van der Waals surface area contributed by atoms with E-state index in [-0.39, 0.29) is 0 Å². The van der Waals surface area contributed by atoms with E-state index in [1.54, 1.807) is 0 Å². The van der Waals surface area contributed by atoms with Crippen LogP contribution >= 0.6 is 0 Å². The molecule has 0 amide bonds. The highest BCUT2D eigenvalue weighted by atomic mass is 15.1. The van der Waals surface area contributed by atoms with Crippen LogP contribution < -0.4 is 4.90 Å². The van der Waals surface area contributed by atoms with Crippen LogP contribution in [-0.4, -0.2) is 4.98 Å². The van der Waals surface area contributed by atoms with E-state index in [4.69, 9.17) is 0 Å². The summed E-state index contributed by atoms with van der Waals surface area (Å²) in [5, 5.41) is 4.67. The first kappa shape index (κ1) is 20.7. The summed E-state index contributed by atoms with van der Waals surface area (Å²) >= 11 is 0. The van der Waals surface area contributed by atoms with Gasteiger partial charge < -0.3 is 4.90 Å². The molecule has 6 aromatic rings. The van der Waals surface area contributed by atoms with Crippen LogP contribution in [0.5, 0.6) is 0 Å². The minimum absolute atomic E-state index is 0.981. The fourth-order valence-corrected chi connectivity index (χ4v) is 4.47. The molecule has 2 nitrogen and oxygen atoms in total. The van der Waals surface area contributed by atoms with Gasteiger partial charge in [0, 0.05) is 46.0 Å². The summed E-state index contributed by atoms with van der Waals surface area (Å²) in [6.07, 6.45) is 3.76. The quantitative estimate of drug-likeness (QED) is 0.201. The van der Waals surface area contributed by atoms with Gasteiger partial charge in [-0.15, -0.1) is 0 Å². The van der Waals surface area contributed by atoms with Gasteiger partial charge in [0.1, 0.15) is 0 Å². The fourth-order valence-electron chi connectivity index (χ4n) is 4.47. The number of pyridine rings is 1. The number of benzene rings is 5. The molecule has 0 bridgehead atoms. The molecular formula is C33H22N2. The van der Waals surface area contributed by atoms with Gasteiger partial charge in [-0.2, -0.15) is 0 Å². The van der Waals surface area contributed by atoms with Gasteiger partial charge in [0.15, 0.2) is 0 Å². The average Bonchev–Trinajstić information content (AvgIpc) is 2.94. The molecule has 35 heavy (non-hydrogen) atoms. The van der Waals surface area contributed by atoms with Crippen molar-refractivity contribution in [2.24, 2.45) is 0 Å². The van der Waals surface area contributed by atoms with Gasteiger partial charge in [0.2, 0.25) is 0 Å². The van der Waals surface area contributed by atoms with Gasteiger partial charge in [-0.25, -0.2) is 0 Å². The molecule has 5 aromatic carbocycles. The van der Waals surface area contributed by atoms with Crippen molar-refractivity contribution in [1.29, 1.82) is 0 Å². The molecule has 0 radical (unpaired) electrons. The van der Waals surface area contributed by atoms with Crippen molar-refractivity contribution in [3.8, 4) is 11.8 Å². The van der Waals surface area contributed by atoms with E-state index in [1.807, 2.05) is 30.6 Å². The molecule has 0 saturated carbocycles. The third-order valence-corrected chi connectivity index (χ3v) is 6.18. The lowest BCUT2D eigenvalue weighted by molar-refractivity contribution is 1.28. The Morgan fingerprint density at radius 1 is 0.486 bits per heavy atom. The van der Waals surface area contributed by atoms with Crippen molar-refractivity contribution in [3.63, 3.8) is 0 Å². The second-order valence-electron chi connectivity index (χ2n) is 8.37. The number of anilines is 3. The molecule has 6 rings (SSSR count). The van der Waals surface area contributed by atoms with Crippen LogP contribution in [-0.2, 0) is 0 Å². The molecule has 1 heterocycles.